The molecule has 0 fully saturated rings. The molecular weight excluding hydrogens is 142 g/mol. The smallest absolute Gasteiger partial charge is 0.123 e. The summed E-state index contributed by atoms with van der Waals surface area (Å²) < 4.78 is 0. The third-order valence-corrected chi connectivity index (χ3v) is 1.37. The molecule has 11 heavy (non-hydrogen) atoms. The molecule has 1 heterocycles. The van der Waals surface area contributed by atoms with Crippen LogP contribution in [0.5, 0.6) is 0 Å². The van der Waals surface area contributed by atoms with Crippen LogP contribution < -0.4 is 11.5 Å². The molecule has 5 N–H and O–H groups in total. The fraction of sp³-hybridized carbons (Fsp3) is 0.286. The number of nitrogens with two attached hydrogens (primary N) is 2. The van der Waals surface area contributed by atoms with Gasteiger partial charge in [0.2, 0.25) is 0 Å². The van der Waals surface area contributed by atoms with E-state index in [4.69, 9.17) is 16.6 Å². The van der Waals surface area contributed by atoms with Crippen LogP contribution in [-0.4, -0.2) is 16.7 Å². The lowest BCUT2D eigenvalue weighted by Gasteiger charge is -2.06. The van der Waals surface area contributed by atoms with Crippen molar-refractivity contribution in [1.29, 1.82) is 0 Å². The van der Waals surface area contributed by atoms with Gasteiger partial charge >= 0.3 is 0 Å². The SMILES string of the molecule is Nc1cccc(C(N)CO)n1. The maximum atomic E-state index is 8.67. The van der Waals surface area contributed by atoms with Crippen LogP contribution in [0.3, 0.4) is 0 Å². The molecule has 1 unspecified atom stereocenters. The number of aromatic nitrogens is 1. The zero-order valence-electron chi connectivity index (χ0n) is 6.07. The first kappa shape index (κ1) is 7.97. The fourth-order valence-electron chi connectivity index (χ4n) is 0.769. The number of nitrogen functional groups attached to an aromatic ring is 1. The second-order valence-corrected chi connectivity index (χ2v) is 2.28. The van der Waals surface area contributed by atoms with E-state index in [0.717, 1.165) is 0 Å². The van der Waals surface area contributed by atoms with Crippen LogP contribution in [0.4, 0.5) is 5.82 Å². The van der Waals surface area contributed by atoms with Gasteiger partial charge in [-0.3, -0.25) is 0 Å². The van der Waals surface area contributed by atoms with Crippen molar-refractivity contribution in [1.82, 2.24) is 4.98 Å². The molecule has 0 aliphatic carbocycles. The molecule has 0 spiro atoms. The first-order chi connectivity index (χ1) is 5.24. The highest BCUT2D eigenvalue weighted by atomic mass is 16.3. The molecule has 0 amide bonds. The quantitative estimate of drug-likeness (QED) is 0.542. The maximum Gasteiger partial charge on any atom is 0.123 e. The highest BCUT2D eigenvalue weighted by Crippen LogP contribution is 2.07. The van der Waals surface area contributed by atoms with Crippen molar-refractivity contribution in [2.75, 3.05) is 12.3 Å². The van der Waals surface area contributed by atoms with Gasteiger partial charge in [0.1, 0.15) is 5.82 Å². The van der Waals surface area contributed by atoms with Crippen LogP contribution >= 0.6 is 0 Å². The topological polar surface area (TPSA) is 85.2 Å². The van der Waals surface area contributed by atoms with Crippen LogP contribution in [0.15, 0.2) is 18.2 Å². The number of hydrogen-bond acceptors (Lipinski definition) is 4. The first-order valence-corrected chi connectivity index (χ1v) is 3.33. The third kappa shape index (κ3) is 1.89. The molecule has 0 radical (unpaired) electrons. The minimum Gasteiger partial charge on any atom is -0.394 e. The summed E-state index contributed by atoms with van der Waals surface area (Å²) >= 11 is 0. The van der Waals surface area contributed by atoms with Gasteiger partial charge in [-0.25, -0.2) is 4.98 Å². The van der Waals surface area contributed by atoms with E-state index in [9.17, 15) is 0 Å². The van der Waals surface area contributed by atoms with E-state index in [-0.39, 0.29) is 6.61 Å². The van der Waals surface area contributed by atoms with E-state index >= 15 is 0 Å². The molecule has 4 nitrogen and oxygen atoms in total. The maximum absolute atomic E-state index is 8.67. The summed E-state index contributed by atoms with van der Waals surface area (Å²) in [7, 11) is 0. The molecule has 0 aliphatic heterocycles. The Hall–Kier alpha value is -1.13. The highest BCUT2D eigenvalue weighted by molar-refractivity contribution is 5.29. The summed E-state index contributed by atoms with van der Waals surface area (Å²) in [4.78, 5) is 3.94. The fourth-order valence-corrected chi connectivity index (χ4v) is 0.769. The zero-order chi connectivity index (χ0) is 8.27. The monoisotopic (exact) mass is 153 g/mol. The Morgan fingerprint density at radius 3 is 2.82 bits per heavy atom. The Morgan fingerprint density at radius 2 is 2.27 bits per heavy atom. The largest absolute Gasteiger partial charge is 0.394 e. The average Bonchev–Trinajstić information content (AvgIpc) is 2.03. The summed E-state index contributed by atoms with van der Waals surface area (Å²) in [6.07, 6.45) is 0. The Kier molecular flexibility index (Phi) is 2.40. The van der Waals surface area contributed by atoms with Crippen LogP contribution in [0.25, 0.3) is 0 Å². The minimum atomic E-state index is -0.432. The van der Waals surface area contributed by atoms with Crippen LogP contribution in [0, 0.1) is 0 Å². The third-order valence-electron chi connectivity index (χ3n) is 1.37. The molecular formula is C7H11N3O. The van der Waals surface area contributed by atoms with Gasteiger partial charge in [-0.2, -0.15) is 0 Å². The van der Waals surface area contributed by atoms with Crippen molar-refractivity contribution in [2.45, 2.75) is 6.04 Å². The van der Waals surface area contributed by atoms with Gasteiger partial charge in [-0.15, -0.1) is 0 Å². The van der Waals surface area contributed by atoms with Crippen molar-refractivity contribution >= 4 is 5.82 Å². The van der Waals surface area contributed by atoms with Gasteiger partial charge in [0.25, 0.3) is 0 Å². The molecule has 1 aromatic rings. The van der Waals surface area contributed by atoms with Crippen molar-refractivity contribution in [3.8, 4) is 0 Å². The molecule has 60 valence electrons. The first-order valence-electron chi connectivity index (χ1n) is 3.33. The molecule has 0 aliphatic rings. The van der Waals surface area contributed by atoms with E-state index < -0.39 is 6.04 Å². The molecule has 1 rings (SSSR count). The van der Waals surface area contributed by atoms with E-state index in [1.54, 1.807) is 18.2 Å². The van der Waals surface area contributed by atoms with Gasteiger partial charge in [-0.05, 0) is 12.1 Å². The molecule has 0 saturated heterocycles. The Bertz CT molecular complexity index is 239. The van der Waals surface area contributed by atoms with E-state index in [1.165, 1.54) is 0 Å². The molecule has 4 heteroatoms. The van der Waals surface area contributed by atoms with Crippen LogP contribution in [0.2, 0.25) is 0 Å². The predicted molar refractivity (Wildman–Crippen MR) is 42.7 cm³/mol. The molecule has 0 bridgehead atoms. The number of rotatable bonds is 2. The summed E-state index contributed by atoms with van der Waals surface area (Å²) in [5, 5.41) is 8.67. The molecule has 1 aromatic heterocycles. The highest BCUT2D eigenvalue weighted by Gasteiger charge is 2.04. The number of nitrogens with zero attached hydrogens (tertiary/aromatic N) is 1. The minimum absolute atomic E-state index is 0.115. The van der Waals surface area contributed by atoms with Crippen LogP contribution in [0.1, 0.15) is 11.7 Å². The Labute approximate surface area is 64.9 Å². The van der Waals surface area contributed by atoms with Crippen molar-refractivity contribution in [3.05, 3.63) is 23.9 Å². The predicted octanol–water partition coefficient (Wildman–Crippen LogP) is -0.344. The molecule has 0 aromatic carbocycles. The van der Waals surface area contributed by atoms with Gasteiger partial charge in [-0.1, -0.05) is 6.07 Å². The zero-order valence-corrected chi connectivity index (χ0v) is 6.07. The number of hydrogen-bond donors (Lipinski definition) is 3. The summed E-state index contributed by atoms with van der Waals surface area (Å²) in [5.74, 6) is 0.423. The summed E-state index contributed by atoms with van der Waals surface area (Å²) in [5.41, 5.74) is 11.5. The Balaban J connectivity index is 2.86. The standard InChI is InChI=1S/C7H11N3O/c8-5(4-11)6-2-1-3-7(9)10-6/h1-3,5,11H,4,8H2,(H2,9,10). The van der Waals surface area contributed by atoms with Crippen molar-refractivity contribution in [2.24, 2.45) is 5.73 Å². The lowest BCUT2D eigenvalue weighted by molar-refractivity contribution is 0.266. The van der Waals surface area contributed by atoms with Gasteiger partial charge in [0, 0.05) is 0 Å². The number of pyridine rings is 1. The van der Waals surface area contributed by atoms with E-state index in [0.29, 0.717) is 11.5 Å². The lowest BCUT2D eigenvalue weighted by atomic mass is 10.2. The van der Waals surface area contributed by atoms with Crippen molar-refractivity contribution < 1.29 is 5.11 Å². The van der Waals surface area contributed by atoms with Crippen molar-refractivity contribution in [3.63, 3.8) is 0 Å². The van der Waals surface area contributed by atoms with E-state index in [1.807, 2.05) is 0 Å². The average molecular weight is 153 g/mol. The van der Waals surface area contributed by atoms with Gasteiger partial charge in [0.05, 0.1) is 18.3 Å². The summed E-state index contributed by atoms with van der Waals surface area (Å²) in [6.45, 7) is -0.115. The van der Waals surface area contributed by atoms with Crippen LogP contribution in [-0.2, 0) is 0 Å². The lowest BCUT2D eigenvalue weighted by Crippen LogP contribution is -2.16. The Morgan fingerprint density at radius 1 is 1.55 bits per heavy atom. The normalized spacial score (nSPS) is 12.9. The second-order valence-electron chi connectivity index (χ2n) is 2.28. The molecule has 1 atom stereocenters. The van der Waals surface area contributed by atoms with Gasteiger partial charge in [0.15, 0.2) is 0 Å². The number of aliphatic hydroxyl groups excluding tert-OH is 1. The summed E-state index contributed by atoms with van der Waals surface area (Å²) in [6, 6.07) is 4.73. The molecule has 0 saturated carbocycles. The second kappa shape index (κ2) is 3.32. The number of anilines is 1. The van der Waals surface area contributed by atoms with Gasteiger partial charge < -0.3 is 16.6 Å². The number of aliphatic hydroxyl groups is 1. The van der Waals surface area contributed by atoms with E-state index in [2.05, 4.69) is 4.98 Å².